The van der Waals surface area contributed by atoms with Gasteiger partial charge in [-0.2, -0.15) is 0 Å². The first-order valence-electron chi connectivity index (χ1n) is 8.10. The predicted octanol–water partition coefficient (Wildman–Crippen LogP) is 2.22. The van der Waals surface area contributed by atoms with Crippen molar-refractivity contribution in [3.63, 3.8) is 0 Å². The highest BCUT2D eigenvalue weighted by Crippen LogP contribution is 2.26. The first-order valence-corrected chi connectivity index (χ1v) is 8.10. The number of esters is 1. The molecule has 1 atom stereocenters. The lowest BCUT2D eigenvalue weighted by molar-refractivity contribution is 0.0598. The van der Waals surface area contributed by atoms with Crippen LogP contribution in [0.25, 0.3) is 10.9 Å². The quantitative estimate of drug-likeness (QED) is 0.864. The van der Waals surface area contributed by atoms with E-state index in [0.29, 0.717) is 24.3 Å². The molecule has 0 saturated carbocycles. The van der Waals surface area contributed by atoms with E-state index >= 15 is 0 Å². The van der Waals surface area contributed by atoms with Crippen LogP contribution < -0.4 is 15.6 Å². The molecule has 0 saturated heterocycles. The molecule has 0 bridgehead atoms. The van der Waals surface area contributed by atoms with Crippen LogP contribution in [0.5, 0.6) is 0 Å². The van der Waals surface area contributed by atoms with Gasteiger partial charge in [0, 0.05) is 43.1 Å². The zero-order valence-corrected chi connectivity index (χ0v) is 14.4. The molecule has 1 aromatic heterocycles. The van der Waals surface area contributed by atoms with Crippen LogP contribution in [0.4, 0.5) is 10.1 Å². The molecule has 2 heterocycles. The number of pyridine rings is 1. The number of nitrogens with one attached hydrogen (secondary N) is 1. The van der Waals surface area contributed by atoms with Crippen LogP contribution in [0.2, 0.25) is 0 Å². The van der Waals surface area contributed by atoms with Crippen molar-refractivity contribution in [2.24, 2.45) is 0 Å². The number of ether oxygens (including phenoxy) is 1. The normalized spacial score (nSPS) is 16.8. The molecule has 1 aliphatic rings. The monoisotopic (exact) mass is 345 g/mol. The van der Waals surface area contributed by atoms with Gasteiger partial charge in [0.25, 0.3) is 0 Å². The van der Waals surface area contributed by atoms with Crippen LogP contribution in [0.3, 0.4) is 0 Å². The van der Waals surface area contributed by atoms with E-state index in [1.54, 1.807) is 27.9 Å². The van der Waals surface area contributed by atoms with Gasteiger partial charge >= 0.3 is 5.97 Å². The molecule has 25 heavy (non-hydrogen) atoms. The molecule has 6 nitrogen and oxygen atoms in total. The third-order valence-electron chi connectivity index (χ3n) is 4.31. The van der Waals surface area contributed by atoms with Gasteiger partial charge in [-0.25, -0.2) is 9.18 Å². The summed E-state index contributed by atoms with van der Waals surface area (Å²) in [7, 11) is 1.21. The molecule has 1 N–H and O–H groups in total. The van der Waals surface area contributed by atoms with Gasteiger partial charge in [-0.1, -0.05) is 0 Å². The molecular formula is C18H20FN3O3. The van der Waals surface area contributed by atoms with Crippen LogP contribution in [0.1, 0.15) is 24.2 Å². The molecule has 132 valence electrons. The number of benzene rings is 1. The van der Waals surface area contributed by atoms with Gasteiger partial charge < -0.3 is 19.5 Å². The number of anilines is 1. The zero-order chi connectivity index (χ0) is 18.1. The number of nitrogens with zero attached hydrogens (tertiary/aromatic N) is 2. The molecule has 1 aliphatic heterocycles. The maximum absolute atomic E-state index is 14.7. The van der Waals surface area contributed by atoms with Crippen molar-refractivity contribution in [2.75, 3.05) is 18.6 Å². The van der Waals surface area contributed by atoms with Gasteiger partial charge in [0.05, 0.1) is 18.3 Å². The summed E-state index contributed by atoms with van der Waals surface area (Å²) >= 11 is 0. The highest BCUT2D eigenvalue weighted by atomic mass is 19.1. The van der Waals surface area contributed by atoms with Crippen LogP contribution in [-0.4, -0.2) is 30.2 Å². The third kappa shape index (κ3) is 2.97. The van der Waals surface area contributed by atoms with Gasteiger partial charge in [0.1, 0.15) is 11.4 Å². The number of fused-ring (bicyclic) bond motifs is 1. The van der Waals surface area contributed by atoms with E-state index in [1.807, 2.05) is 13.8 Å². The Morgan fingerprint density at radius 1 is 1.44 bits per heavy atom. The van der Waals surface area contributed by atoms with Crippen molar-refractivity contribution in [1.29, 1.82) is 0 Å². The summed E-state index contributed by atoms with van der Waals surface area (Å²) in [5.41, 5.74) is 0.349. The van der Waals surface area contributed by atoms with Crippen LogP contribution >= 0.6 is 0 Å². The number of carbonyl (C=O) groups is 1. The molecule has 0 radical (unpaired) electrons. The fourth-order valence-electron chi connectivity index (χ4n) is 3.02. The second-order valence-corrected chi connectivity index (χ2v) is 6.01. The fraction of sp³-hybridized carbons (Fsp3) is 0.333. The number of halogens is 1. The Bertz CT molecular complexity index is 920. The van der Waals surface area contributed by atoms with Gasteiger partial charge in [-0.3, -0.25) is 4.79 Å². The Morgan fingerprint density at radius 3 is 2.84 bits per heavy atom. The SMILES string of the molecule is CCn1cc(C(=O)OC)c(=O)c2cc(F)c(N3C=CNC(C)C3)cc21. The lowest BCUT2D eigenvalue weighted by Crippen LogP contribution is -2.39. The second kappa shape index (κ2) is 6.58. The topological polar surface area (TPSA) is 63.6 Å². The third-order valence-corrected chi connectivity index (χ3v) is 4.31. The number of hydrogen-bond donors (Lipinski definition) is 1. The van der Waals surface area contributed by atoms with Crippen LogP contribution in [0.15, 0.2) is 35.5 Å². The minimum Gasteiger partial charge on any atom is -0.465 e. The molecular weight excluding hydrogens is 325 g/mol. The summed E-state index contributed by atoms with van der Waals surface area (Å²) < 4.78 is 21.1. The number of rotatable bonds is 3. The smallest absolute Gasteiger partial charge is 0.343 e. The minimum absolute atomic E-state index is 0.0975. The first kappa shape index (κ1) is 17.0. The molecule has 1 aromatic carbocycles. The molecule has 0 amide bonds. The van der Waals surface area contributed by atoms with E-state index in [-0.39, 0.29) is 17.0 Å². The lowest BCUT2D eigenvalue weighted by Gasteiger charge is -2.29. The molecule has 0 fully saturated rings. The molecule has 0 aliphatic carbocycles. The van der Waals surface area contributed by atoms with Crippen molar-refractivity contribution in [3.8, 4) is 0 Å². The maximum atomic E-state index is 14.7. The Hall–Kier alpha value is -2.83. The van der Waals surface area contributed by atoms with Crippen molar-refractivity contribution < 1.29 is 13.9 Å². The molecule has 2 aromatic rings. The number of carbonyl (C=O) groups excluding carboxylic acids is 1. The highest BCUT2D eigenvalue weighted by Gasteiger charge is 2.20. The zero-order valence-electron chi connectivity index (χ0n) is 14.4. The van der Waals surface area contributed by atoms with E-state index in [4.69, 9.17) is 0 Å². The molecule has 1 unspecified atom stereocenters. The molecule has 7 heteroatoms. The van der Waals surface area contributed by atoms with E-state index in [9.17, 15) is 14.0 Å². The van der Waals surface area contributed by atoms with Gasteiger partial charge in [0.15, 0.2) is 0 Å². The van der Waals surface area contributed by atoms with E-state index in [0.717, 1.165) is 0 Å². The number of hydrogen-bond acceptors (Lipinski definition) is 5. The van der Waals surface area contributed by atoms with Crippen molar-refractivity contribution in [1.82, 2.24) is 9.88 Å². The highest BCUT2D eigenvalue weighted by molar-refractivity contribution is 5.94. The van der Waals surface area contributed by atoms with Crippen molar-refractivity contribution in [2.45, 2.75) is 26.4 Å². The van der Waals surface area contributed by atoms with Gasteiger partial charge in [-0.15, -0.1) is 0 Å². The first-order chi connectivity index (χ1) is 12.0. The lowest BCUT2D eigenvalue weighted by atomic mass is 10.1. The summed E-state index contributed by atoms with van der Waals surface area (Å²) in [6.45, 7) is 5.02. The standard InChI is InChI=1S/C18H20FN3O3/c1-4-21-10-13(18(24)25-3)17(23)12-7-14(19)16(8-15(12)21)22-6-5-20-11(2)9-22/h5-8,10-11,20H,4,9H2,1-3H3. The predicted molar refractivity (Wildman–Crippen MR) is 94.3 cm³/mol. The summed E-state index contributed by atoms with van der Waals surface area (Å²) in [5, 5.41) is 3.31. The van der Waals surface area contributed by atoms with Crippen LogP contribution in [-0.2, 0) is 11.3 Å². The van der Waals surface area contributed by atoms with E-state index < -0.39 is 17.2 Å². The van der Waals surface area contributed by atoms with Gasteiger partial charge in [-0.05, 0) is 26.0 Å². The summed E-state index contributed by atoms with van der Waals surface area (Å²) in [5.74, 6) is -1.23. The Labute approximate surface area is 144 Å². The summed E-state index contributed by atoms with van der Waals surface area (Å²) in [4.78, 5) is 26.2. The van der Waals surface area contributed by atoms with Crippen molar-refractivity contribution >= 4 is 22.6 Å². The number of aromatic nitrogens is 1. The van der Waals surface area contributed by atoms with E-state index in [1.165, 1.54) is 19.4 Å². The minimum atomic E-state index is -0.725. The average molecular weight is 345 g/mol. The average Bonchev–Trinajstić information content (AvgIpc) is 2.61. The maximum Gasteiger partial charge on any atom is 0.343 e. The Morgan fingerprint density at radius 2 is 2.20 bits per heavy atom. The Kier molecular flexibility index (Phi) is 4.48. The number of methoxy groups -OCH3 is 1. The molecule has 3 rings (SSSR count). The van der Waals surface area contributed by atoms with Gasteiger partial charge in [0.2, 0.25) is 5.43 Å². The van der Waals surface area contributed by atoms with Crippen LogP contribution in [0, 0.1) is 5.82 Å². The van der Waals surface area contributed by atoms with Crippen molar-refractivity contribution in [3.05, 3.63) is 52.3 Å². The second-order valence-electron chi connectivity index (χ2n) is 6.01. The Balaban J connectivity index is 2.24. The fourth-order valence-corrected chi connectivity index (χ4v) is 3.02. The largest absolute Gasteiger partial charge is 0.465 e. The summed E-state index contributed by atoms with van der Waals surface area (Å²) in [6.07, 6.45) is 5.00. The van der Waals surface area contributed by atoms with E-state index in [2.05, 4.69) is 10.1 Å². The summed E-state index contributed by atoms with van der Waals surface area (Å²) in [6, 6.07) is 3.03. The molecule has 0 spiro atoms. The number of aryl methyl sites for hydroxylation is 1.